The first-order chi connectivity index (χ1) is 15.0. The average Bonchev–Trinajstić information content (AvgIpc) is 3.31. The fourth-order valence-corrected chi connectivity index (χ4v) is 3.06. The Morgan fingerprint density at radius 1 is 1.23 bits per heavy atom. The highest BCUT2D eigenvalue weighted by Crippen LogP contribution is 2.29. The Kier molecular flexibility index (Phi) is 5.50. The quantitative estimate of drug-likeness (QED) is 0.234. The van der Waals surface area contributed by atoms with E-state index in [0.29, 0.717) is 16.7 Å². The Morgan fingerprint density at radius 2 is 2.00 bits per heavy atom. The third kappa shape index (κ3) is 4.03. The number of aromatic nitrogens is 4. The number of ether oxygens (including phenoxy) is 3. The largest absolute Gasteiger partial charge is 0.487 e. The molecule has 0 atom stereocenters. The summed E-state index contributed by atoms with van der Waals surface area (Å²) in [5.74, 6) is -0.462. The number of esters is 1. The number of hydrogen-bond donors (Lipinski definition) is 0. The summed E-state index contributed by atoms with van der Waals surface area (Å²) in [5, 5.41) is 11.0. The maximum Gasteiger partial charge on any atom is 0.383 e. The SMILES string of the molecule is COC1=C(OCc2ccc([N+](=O)[O-])cc2)/C(=C\Cn2cnc3c(Cl)ncnc32)OC1=O. The summed E-state index contributed by atoms with van der Waals surface area (Å²) in [6.07, 6.45) is 4.48. The average molecular weight is 444 g/mol. The summed E-state index contributed by atoms with van der Waals surface area (Å²) < 4.78 is 17.8. The van der Waals surface area contributed by atoms with E-state index in [4.69, 9.17) is 25.8 Å². The van der Waals surface area contributed by atoms with Crippen molar-refractivity contribution >= 4 is 34.4 Å². The van der Waals surface area contributed by atoms with Crippen molar-refractivity contribution in [1.29, 1.82) is 0 Å². The summed E-state index contributed by atoms with van der Waals surface area (Å²) in [6, 6.07) is 5.86. The molecule has 11 nitrogen and oxygen atoms in total. The summed E-state index contributed by atoms with van der Waals surface area (Å²) >= 11 is 6.01. The predicted octanol–water partition coefficient (Wildman–Crippen LogP) is 2.90. The van der Waals surface area contributed by atoms with Crippen molar-refractivity contribution < 1.29 is 23.9 Å². The lowest BCUT2D eigenvalue weighted by Gasteiger charge is -2.09. The molecule has 31 heavy (non-hydrogen) atoms. The van der Waals surface area contributed by atoms with Gasteiger partial charge in [0.2, 0.25) is 5.76 Å². The Hall–Kier alpha value is -3.99. The van der Waals surface area contributed by atoms with E-state index >= 15 is 0 Å². The van der Waals surface area contributed by atoms with Crippen LogP contribution in [0.25, 0.3) is 11.2 Å². The van der Waals surface area contributed by atoms with E-state index in [0.717, 1.165) is 0 Å². The molecule has 0 bridgehead atoms. The minimum absolute atomic E-state index is 0.0306. The van der Waals surface area contributed by atoms with Crippen LogP contribution in [0.2, 0.25) is 5.15 Å². The number of cyclic esters (lactones) is 1. The first-order valence-electron chi connectivity index (χ1n) is 8.86. The maximum atomic E-state index is 12.1. The minimum Gasteiger partial charge on any atom is -0.487 e. The third-order valence-corrected chi connectivity index (χ3v) is 4.66. The van der Waals surface area contributed by atoms with Gasteiger partial charge in [0, 0.05) is 18.7 Å². The molecule has 2 aromatic heterocycles. The Morgan fingerprint density at radius 3 is 2.71 bits per heavy atom. The van der Waals surface area contributed by atoms with Gasteiger partial charge in [0.25, 0.3) is 11.4 Å². The summed E-state index contributed by atoms with van der Waals surface area (Å²) in [5.41, 5.74) is 1.61. The van der Waals surface area contributed by atoms with Crippen LogP contribution in [-0.4, -0.2) is 37.5 Å². The topological polar surface area (TPSA) is 132 Å². The number of allylic oxidation sites excluding steroid dienone is 1. The Balaban J connectivity index is 1.55. The van der Waals surface area contributed by atoms with Gasteiger partial charge in [0.05, 0.1) is 18.4 Å². The number of non-ortho nitro benzene ring substituents is 1. The number of carbonyl (C=O) groups is 1. The molecule has 1 aromatic carbocycles. The second-order valence-corrected chi connectivity index (χ2v) is 6.62. The summed E-state index contributed by atoms with van der Waals surface area (Å²) in [4.78, 5) is 34.6. The van der Waals surface area contributed by atoms with Crippen LogP contribution in [-0.2, 0) is 32.2 Å². The molecule has 1 aliphatic rings. The van der Waals surface area contributed by atoms with Crippen LogP contribution in [0.3, 0.4) is 0 Å². The molecule has 158 valence electrons. The van der Waals surface area contributed by atoms with Crippen LogP contribution in [0.5, 0.6) is 0 Å². The van der Waals surface area contributed by atoms with Gasteiger partial charge in [-0.3, -0.25) is 10.1 Å². The predicted molar refractivity (Wildman–Crippen MR) is 106 cm³/mol. The van der Waals surface area contributed by atoms with Crippen LogP contribution in [0.4, 0.5) is 5.69 Å². The number of nitro benzene ring substituents is 1. The molecular weight excluding hydrogens is 430 g/mol. The molecule has 0 radical (unpaired) electrons. The van der Waals surface area contributed by atoms with Crippen molar-refractivity contribution in [1.82, 2.24) is 19.5 Å². The first kappa shape index (κ1) is 20.3. The Labute approximate surface area is 179 Å². The Bertz CT molecular complexity index is 1230. The van der Waals surface area contributed by atoms with Crippen molar-refractivity contribution in [2.45, 2.75) is 13.2 Å². The second kappa shape index (κ2) is 8.40. The van der Waals surface area contributed by atoms with Gasteiger partial charge < -0.3 is 18.8 Å². The van der Waals surface area contributed by atoms with Gasteiger partial charge in [0.1, 0.15) is 18.5 Å². The molecule has 0 saturated heterocycles. The van der Waals surface area contributed by atoms with Gasteiger partial charge in [-0.2, -0.15) is 0 Å². The lowest BCUT2D eigenvalue weighted by Crippen LogP contribution is -2.01. The highest BCUT2D eigenvalue weighted by molar-refractivity contribution is 6.33. The number of carbonyl (C=O) groups excluding carboxylic acids is 1. The minimum atomic E-state index is -0.687. The standard InChI is InChI=1S/C19H14ClN5O6/c1-29-16-15(30-8-11-2-4-12(5-3-11)25(27)28)13(31-19(16)26)6-7-24-10-23-14-17(20)21-9-22-18(14)24/h2-6,9-10H,7-8H2,1H3/b13-6+. The fraction of sp³-hybridized carbons (Fsp3) is 0.158. The molecule has 0 fully saturated rings. The van der Waals surface area contributed by atoms with E-state index in [1.165, 1.54) is 31.9 Å². The van der Waals surface area contributed by atoms with Crippen LogP contribution >= 0.6 is 11.6 Å². The van der Waals surface area contributed by atoms with Gasteiger partial charge in [-0.1, -0.05) is 11.6 Å². The number of nitrogens with zero attached hydrogens (tertiary/aromatic N) is 5. The molecule has 0 amide bonds. The molecule has 12 heteroatoms. The van der Waals surface area contributed by atoms with E-state index in [9.17, 15) is 14.9 Å². The smallest absolute Gasteiger partial charge is 0.383 e. The zero-order valence-electron chi connectivity index (χ0n) is 16.0. The van der Waals surface area contributed by atoms with Crippen molar-refractivity contribution in [2.75, 3.05) is 7.11 Å². The van der Waals surface area contributed by atoms with Gasteiger partial charge in [-0.05, 0) is 23.8 Å². The molecule has 4 rings (SSSR count). The van der Waals surface area contributed by atoms with Crippen molar-refractivity contribution in [3.05, 3.63) is 81.1 Å². The second-order valence-electron chi connectivity index (χ2n) is 6.27. The normalized spacial score (nSPS) is 14.9. The van der Waals surface area contributed by atoms with E-state index in [2.05, 4.69) is 15.0 Å². The number of halogens is 1. The summed E-state index contributed by atoms with van der Waals surface area (Å²) in [6.45, 7) is 0.304. The fourth-order valence-electron chi connectivity index (χ4n) is 2.88. The zero-order chi connectivity index (χ0) is 22.0. The first-order valence-corrected chi connectivity index (χ1v) is 9.24. The number of nitro groups is 1. The van der Waals surface area contributed by atoms with Crippen LogP contribution < -0.4 is 0 Å². The number of rotatable bonds is 7. The molecular formula is C19H14ClN5O6. The molecule has 0 spiro atoms. The lowest BCUT2D eigenvalue weighted by atomic mass is 10.2. The van der Waals surface area contributed by atoms with Crippen molar-refractivity contribution in [2.24, 2.45) is 0 Å². The molecule has 0 N–H and O–H groups in total. The molecule has 3 aromatic rings. The molecule has 1 aliphatic heterocycles. The van der Waals surface area contributed by atoms with Gasteiger partial charge in [-0.15, -0.1) is 0 Å². The number of methoxy groups -OCH3 is 1. The van der Waals surface area contributed by atoms with Gasteiger partial charge in [0.15, 0.2) is 16.6 Å². The van der Waals surface area contributed by atoms with Crippen LogP contribution in [0, 0.1) is 10.1 Å². The lowest BCUT2D eigenvalue weighted by molar-refractivity contribution is -0.384. The number of benzene rings is 1. The zero-order valence-corrected chi connectivity index (χ0v) is 16.8. The number of hydrogen-bond acceptors (Lipinski definition) is 9. The third-order valence-electron chi connectivity index (χ3n) is 4.38. The van der Waals surface area contributed by atoms with E-state index in [1.54, 1.807) is 22.8 Å². The van der Waals surface area contributed by atoms with E-state index in [-0.39, 0.29) is 41.3 Å². The van der Waals surface area contributed by atoms with E-state index in [1.807, 2.05) is 0 Å². The van der Waals surface area contributed by atoms with Crippen molar-refractivity contribution in [3.8, 4) is 0 Å². The molecule has 0 unspecified atom stereocenters. The van der Waals surface area contributed by atoms with E-state index < -0.39 is 10.9 Å². The van der Waals surface area contributed by atoms with Crippen LogP contribution in [0.15, 0.2) is 60.3 Å². The van der Waals surface area contributed by atoms with Crippen LogP contribution in [0.1, 0.15) is 5.56 Å². The van der Waals surface area contributed by atoms with Gasteiger partial charge >= 0.3 is 5.97 Å². The monoisotopic (exact) mass is 443 g/mol. The molecule has 3 heterocycles. The number of imidazole rings is 1. The summed E-state index contributed by atoms with van der Waals surface area (Å²) in [7, 11) is 1.33. The maximum absolute atomic E-state index is 12.1. The highest BCUT2D eigenvalue weighted by atomic mass is 35.5. The molecule has 0 aliphatic carbocycles. The number of fused-ring (bicyclic) bond motifs is 1. The molecule has 0 saturated carbocycles. The van der Waals surface area contributed by atoms with Crippen molar-refractivity contribution in [3.63, 3.8) is 0 Å². The highest BCUT2D eigenvalue weighted by Gasteiger charge is 2.33. The van der Waals surface area contributed by atoms with Gasteiger partial charge in [-0.25, -0.2) is 19.7 Å².